The molecule has 11 heteroatoms. The van der Waals surface area contributed by atoms with E-state index in [-0.39, 0.29) is 34.8 Å². The molecule has 0 aliphatic rings. The van der Waals surface area contributed by atoms with Crippen LogP contribution in [0.1, 0.15) is 34.0 Å². The van der Waals surface area contributed by atoms with Crippen molar-refractivity contribution in [2.75, 3.05) is 12.8 Å². The van der Waals surface area contributed by atoms with Crippen LogP contribution in [0.25, 0.3) is 11.0 Å². The van der Waals surface area contributed by atoms with E-state index in [1.54, 1.807) is 30.3 Å². The van der Waals surface area contributed by atoms with Gasteiger partial charge in [-0.25, -0.2) is 12.8 Å². The van der Waals surface area contributed by atoms with E-state index in [1.165, 1.54) is 42.0 Å². The predicted octanol–water partition coefficient (Wildman–Crippen LogP) is 2.39. The Hall–Kier alpha value is -4.09. The molecule has 198 valence electrons. The summed E-state index contributed by atoms with van der Waals surface area (Å²) < 4.78 is 38.3. The Balaban J connectivity index is 1.84. The highest BCUT2D eigenvalue weighted by molar-refractivity contribution is 7.90. The van der Waals surface area contributed by atoms with E-state index in [0.717, 1.165) is 11.8 Å². The molecule has 0 saturated heterocycles. The smallest absolute Gasteiger partial charge is 0.268 e. The molecule has 38 heavy (non-hydrogen) atoms. The van der Waals surface area contributed by atoms with Crippen LogP contribution in [-0.4, -0.2) is 53.0 Å². The summed E-state index contributed by atoms with van der Waals surface area (Å²) in [5, 5.41) is 22.8. The zero-order chi connectivity index (χ0) is 27.6. The van der Waals surface area contributed by atoms with Gasteiger partial charge in [0.15, 0.2) is 15.6 Å². The van der Waals surface area contributed by atoms with Crippen LogP contribution in [0, 0.1) is 5.82 Å². The van der Waals surface area contributed by atoms with Crippen LogP contribution >= 0.6 is 0 Å². The van der Waals surface area contributed by atoms with Crippen LogP contribution in [0.3, 0.4) is 0 Å². The third kappa shape index (κ3) is 5.90. The number of carbonyl (C=O) groups excluding carboxylic acids is 1. The van der Waals surface area contributed by atoms with Gasteiger partial charge in [0.05, 0.1) is 23.1 Å². The number of hydrogen-bond donors (Lipinski definition) is 3. The molecule has 4 rings (SSSR count). The number of amides is 1. The summed E-state index contributed by atoms with van der Waals surface area (Å²) in [5.41, 5.74) is 1.02. The molecule has 1 unspecified atom stereocenters. The van der Waals surface area contributed by atoms with Gasteiger partial charge in [0.1, 0.15) is 16.9 Å². The minimum absolute atomic E-state index is 0.0161. The third-order valence-electron chi connectivity index (χ3n) is 5.93. The third-order valence-corrected chi connectivity index (χ3v) is 7.06. The van der Waals surface area contributed by atoms with Gasteiger partial charge in [-0.3, -0.25) is 14.6 Å². The average molecular weight is 540 g/mol. The van der Waals surface area contributed by atoms with Gasteiger partial charge in [0.25, 0.3) is 11.5 Å². The number of aliphatic hydroxyl groups is 1. The van der Waals surface area contributed by atoms with Gasteiger partial charge in [0, 0.05) is 19.0 Å². The Bertz CT molecular complexity index is 1660. The minimum atomic E-state index is -3.42. The zero-order valence-electron chi connectivity index (χ0n) is 20.7. The van der Waals surface area contributed by atoms with Crippen LogP contribution < -0.4 is 10.9 Å². The molecule has 0 aliphatic carbocycles. The maximum absolute atomic E-state index is 13.5. The number of aromatic hydroxyl groups is 1. The molecule has 9 nitrogen and oxygen atoms in total. The maximum Gasteiger partial charge on any atom is 0.268 e. The van der Waals surface area contributed by atoms with Crippen molar-refractivity contribution in [3.05, 3.63) is 99.2 Å². The Kier molecular flexibility index (Phi) is 7.61. The molecule has 2 aromatic heterocycles. The van der Waals surface area contributed by atoms with E-state index in [1.807, 2.05) is 0 Å². The fraction of sp³-hybridized carbons (Fsp3) is 0.222. The van der Waals surface area contributed by atoms with Crippen LogP contribution in [0.15, 0.2) is 70.5 Å². The Morgan fingerprint density at radius 2 is 1.71 bits per heavy atom. The number of aliphatic hydroxyl groups excluding tert-OH is 1. The Labute approximate surface area is 218 Å². The number of halogens is 1. The standard InChI is InChI=1S/C27H26FN3O6S/c1-16(32)13-30-26(34)23-25(33)24-22(12-19(14-29-24)11-17-3-7-20(28)8-4-17)31(27(23)35)15-18-5-9-21(10-6-18)38(2,36)37/h3-10,12,14,16,32-33H,11,13,15H2,1-2H3,(H,30,34). The van der Waals surface area contributed by atoms with E-state index in [2.05, 4.69) is 10.3 Å². The number of carbonyl (C=O) groups is 1. The van der Waals surface area contributed by atoms with Crippen LogP contribution in [0.2, 0.25) is 0 Å². The molecule has 0 bridgehead atoms. The SMILES string of the molecule is CC(O)CNC(=O)c1c(O)c2ncc(Cc3ccc(F)cc3)cc2n(Cc2ccc(S(C)(=O)=O)cc2)c1=O. The number of rotatable bonds is 8. The van der Waals surface area contributed by atoms with Crippen molar-refractivity contribution < 1.29 is 27.8 Å². The average Bonchev–Trinajstić information content (AvgIpc) is 2.86. The van der Waals surface area contributed by atoms with Crippen LogP contribution in [0.4, 0.5) is 4.39 Å². The first-order chi connectivity index (χ1) is 17.9. The van der Waals surface area contributed by atoms with E-state index in [0.29, 0.717) is 17.5 Å². The largest absolute Gasteiger partial charge is 0.505 e. The van der Waals surface area contributed by atoms with E-state index in [9.17, 15) is 32.6 Å². The number of aromatic nitrogens is 2. The van der Waals surface area contributed by atoms with Crippen LogP contribution in [-0.2, 0) is 22.8 Å². The number of nitrogens with zero attached hydrogens (tertiary/aromatic N) is 2. The summed E-state index contributed by atoms with van der Waals surface area (Å²) in [6.45, 7) is 1.29. The van der Waals surface area contributed by atoms with Crippen molar-refractivity contribution in [3.63, 3.8) is 0 Å². The van der Waals surface area contributed by atoms with Gasteiger partial charge in [-0.2, -0.15) is 0 Å². The fourth-order valence-corrected chi connectivity index (χ4v) is 4.63. The molecule has 0 saturated carbocycles. The van der Waals surface area contributed by atoms with E-state index in [4.69, 9.17) is 0 Å². The first-order valence-corrected chi connectivity index (χ1v) is 13.6. The summed E-state index contributed by atoms with van der Waals surface area (Å²) in [5.74, 6) is -1.83. The lowest BCUT2D eigenvalue weighted by molar-refractivity contribution is 0.0919. The van der Waals surface area contributed by atoms with Gasteiger partial charge in [-0.05, 0) is 60.4 Å². The zero-order valence-corrected chi connectivity index (χ0v) is 21.5. The van der Waals surface area contributed by atoms with Gasteiger partial charge in [-0.1, -0.05) is 24.3 Å². The van der Waals surface area contributed by atoms with Crippen molar-refractivity contribution >= 4 is 26.8 Å². The van der Waals surface area contributed by atoms with E-state index < -0.39 is 38.7 Å². The first-order valence-electron chi connectivity index (χ1n) is 11.7. The molecule has 1 amide bonds. The molecule has 0 spiro atoms. The van der Waals surface area contributed by atoms with Crippen molar-refractivity contribution in [2.45, 2.75) is 30.9 Å². The lowest BCUT2D eigenvalue weighted by Crippen LogP contribution is -2.36. The quantitative estimate of drug-likeness (QED) is 0.313. The molecule has 4 aromatic rings. The molecule has 0 radical (unpaired) electrons. The van der Waals surface area contributed by atoms with Crippen LogP contribution in [0.5, 0.6) is 5.75 Å². The summed E-state index contributed by atoms with van der Waals surface area (Å²) in [6.07, 6.45) is 2.09. The van der Waals surface area contributed by atoms with Crippen molar-refractivity contribution in [1.29, 1.82) is 0 Å². The minimum Gasteiger partial charge on any atom is -0.505 e. The summed E-state index contributed by atoms with van der Waals surface area (Å²) in [6, 6.07) is 13.6. The number of nitrogens with one attached hydrogen (secondary N) is 1. The van der Waals surface area contributed by atoms with Gasteiger partial charge >= 0.3 is 0 Å². The summed E-state index contributed by atoms with van der Waals surface area (Å²) in [7, 11) is -3.42. The predicted molar refractivity (Wildman–Crippen MR) is 140 cm³/mol. The van der Waals surface area contributed by atoms with Gasteiger partial charge in [0.2, 0.25) is 0 Å². The highest BCUT2D eigenvalue weighted by atomic mass is 32.2. The summed E-state index contributed by atoms with van der Waals surface area (Å²) in [4.78, 5) is 30.8. The molecule has 2 heterocycles. The normalized spacial score (nSPS) is 12.4. The Morgan fingerprint density at radius 1 is 1.08 bits per heavy atom. The molecule has 3 N–H and O–H groups in total. The molecular weight excluding hydrogens is 513 g/mol. The Morgan fingerprint density at radius 3 is 2.32 bits per heavy atom. The molecule has 0 aliphatic heterocycles. The molecule has 2 aromatic carbocycles. The van der Waals surface area contributed by atoms with Crippen molar-refractivity contribution in [2.24, 2.45) is 0 Å². The number of fused-ring (bicyclic) bond motifs is 1. The molecular formula is C27H26FN3O6S. The summed E-state index contributed by atoms with van der Waals surface area (Å²) >= 11 is 0. The number of sulfone groups is 1. The lowest BCUT2D eigenvalue weighted by Gasteiger charge is -2.16. The second-order valence-corrected chi connectivity index (χ2v) is 11.1. The highest BCUT2D eigenvalue weighted by Gasteiger charge is 2.24. The highest BCUT2D eigenvalue weighted by Crippen LogP contribution is 2.27. The fourth-order valence-electron chi connectivity index (χ4n) is 4.00. The van der Waals surface area contributed by atoms with Crippen molar-refractivity contribution in [3.8, 4) is 5.75 Å². The topological polar surface area (TPSA) is 139 Å². The number of pyridine rings is 2. The second kappa shape index (κ2) is 10.7. The van der Waals surface area contributed by atoms with E-state index >= 15 is 0 Å². The van der Waals surface area contributed by atoms with Gasteiger partial charge in [-0.15, -0.1) is 0 Å². The number of hydrogen-bond acceptors (Lipinski definition) is 7. The second-order valence-electron chi connectivity index (χ2n) is 9.10. The maximum atomic E-state index is 13.5. The van der Waals surface area contributed by atoms with Gasteiger partial charge < -0.3 is 20.1 Å². The number of benzene rings is 2. The monoisotopic (exact) mass is 539 g/mol. The lowest BCUT2D eigenvalue weighted by atomic mass is 10.0. The molecule has 0 fully saturated rings. The van der Waals surface area contributed by atoms with Crippen molar-refractivity contribution in [1.82, 2.24) is 14.9 Å². The first kappa shape index (κ1) is 27.0. The molecule has 1 atom stereocenters.